The quantitative estimate of drug-likeness (QED) is 0.511. The summed E-state index contributed by atoms with van der Waals surface area (Å²) in [6, 6.07) is 2.26. The minimum atomic E-state index is -0.640. The number of esters is 1. The average molecular weight is 285 g/mol. The van der Waals surface area contributed by atoms with Gasteiger partial charge < -0.3 is 19.9 Å². The molecule has 0 amide bonds. The number of hydrogen-bond acceptors (Lipinski definition) is 5. The Bertz CT molecular complexity index is 483. The Morgan fingerprint density at radius 1 is 1.30 bits per heavy atom. The molecule has 112 valence electrons. The summed E-state index contributed by atoms with van der Waals surface area (Å²) in [6.45, 7) is 6.20. The minimum Gasteiger partial charge on any atom is -0.488 e. The first kappa shape index (κ1) is 16.2. The summed E-state index contributed by atoms with van der Waals surface area (Å²) in [7, 11) is 1.23. The van der Waals surface area contributed by atoms with Crippen molar-refractivity contribution in [3.8, 4) is 5.75 Å². The van der Waals surface area contributed by atoms with E-state index in [0.29, 0.717) is 6.61 Å². The van der Waals surface area contributed by atoms with Gasteiger partial charge in [0.2, 0.25) is 0 Å². The smallest absolute Gasteiger partial charge is 0.340 e. The van der Waals surface area contributed by atoms with E-state index >= 15 is 0 Å². The Kier molecular flexibility index (Phi) is 5.33. The van der Waals surface area contributed by atoms with Gasteiger partial charge in [-0.2, -0.15) is 0 Å². The van der Waals surface area contributed by atoms with Gasteiger partial charge in [-0.25, -0.2) is 9.18 Å². The summed E-state index contributed by atoms with van der Waals surface area (Å²) >= 11 is 0. The summed E-state index contributed by atoms with van der Waals surface area (Å²) in [5.41, 5.74) is 5.34. The van der Waals surface area contributed by atoms with Gasteiger partial charge in [-0.1, -0.05) is 0 Å². The van der Waals surface area contributed by atoms with Crippen molar-refractivity contribution in [3.05, 3.63) is 23.5 Å². The van der Waals surface area contributed by atoms with Gasteiger partial charge in [0.25, 0.3) is 0 Å². The Labute approximate surface area is 117 Å². The molecule has 0 bridgehead atoms. The van der Waals surface area contributed by atoms with E-state index in [9.17, 15) is 9.18 Å². The molecule has 1 aromatic carbocycles. The number of benzene rings is 1. The highest BCUT2D eigenvalue weighted by atomic mass is 19.1. The number of hydrogen-bond donors (Lipinski definition) is 1. The molecule has 20 heavy (non-hydrogen) atoms. The standard InChI is InChI=1S/C14H20FNO4/c1-14(2,3)20-6-5-19-12-7-9(13(17)18-4)11(16)8-10(12)15/h7-8H,5-6,16H2,1-4H3. The lowest BCUT2D eigenvalue weighted by Crippen LogP contribution is -2.22. The monoisotopic (exact) mass is 285 g/mol. The molecule has 1 rings (SSSR count). The molecule has 5 nitrogen and oxygen atoms in total. The van der Waals surface area contributed by atoms with Crippen molar-refractivity contribution in [2.75, 3.05) is 26.1 Å². The highest BCUT2D eigenvalue weighted by molar-refractivity contribution is 5.95. The molecule has 0 aliphatic heterocycles. The van der Waals surface area contributed by atoms with Gasteiger partial charge >= 0.3 is 5.97 Å². The number of rotatable bonds is 5. The molecule has 0 aliphatic carbocycles. The number of halogens is 1. The number of nitrogens with two attached hydrogens (primary N) is 1. The third-order valence-electron chi connectivity index (χ3n) is 2.39. The van der Waals surface area contributed by atoms with Crippen LogP contribution in [0.5, 0.6) is 5.75 Å². The zero-order valence-electron chi connectivity index (χ0n) is 12.2. The van der Waals surface area contributed by atoms with Gasteiger partial charge in [0.15, 0.2) is 11.6 Å². The maximum absolute atomic E-state index is 13.7. The second-order valence-corrected chi connectivity index (χ2v) is 5.17. The fourth-order valence-corrected chi connectivity index (χ4v) is 1.47. The zero-order chi connectivity index (χ0) is 15.3. The summed E-state index contributed by atoms with van der Waals surface area (Å²) in [5, 5.41) is 0. The van der Waals surface area contributed by atoms with E-state index in [1.807, 2.05) is 20.8 Å². The van der Waals surface area contributed by atoms with Crippen molar-refractivity contribution in [3.63, 3.8) is 0 Å². The van der Waals surface area contributed by atoms with E-state index < -0.39 is 11.8 Å². The van der Waals surface area contributed by atoms with Gasteiger partial charge in [0.05, 0.1) is 24.9 Å². The first-order valence-corrected chi connectivity index (χ1v) is 6.18. The van der Waals surface area contributed by atoms with Gasteiger partial charge in [0, 0.05) is 11.8 Å². The van der Waals surface area contributed by atoms with Crippen LogP contribution < -0.4 is 10.5 Å². The van der Waals surface area contributed by atoms with Crippen molar-refractivity contribution in [1.29, 1.82) is 0 Å². The second kappa shape index (κ2) is 6.56. The molecule has 6 heteroatoms. The third kappa shape index (κ3) is 4.70. The normalized spacial score (nSPS) is 11.2. The zero-order valence-corrected chi connectivity index (χ0v) is 12.2. The summed E-state index contributed by atoms with van der Waals surface area (Å²) in [4.78, 5) is 11.5. The fourth-order valence-electron chi connectivity index (χ4n) is 1.47. The van der Waals surface area contributed by atoms with Crippen LogP contribution in [0.3, 0.4) is 0 Å². The lowest BCUT2D eigenvalue weighted by molar-refractivity contribution is -0.0166. The average Bonchev–Trinajstić information content (AvgIpc) is 2.34. The van der Waals surface area contributed by atoms with Crippen molar-refractivity contribution in [1.82, 2.24) is 0 Å². The van der Waals surface area contributed by atoms with Gasteiger partial charge in [-0.05, 0) is 26.8 Å². The molecular formula is C14H20FNO4. The highest BCUT2D eigenvalue weighted by Gasteiger charge is 2.16. The van der Waals surface area contributed by atoms with Crippen LogP contribution in [-0.4, -0.2) is 31.9 Å². The molecule has 0 spiro atoms. The van der Waals surface area contributed by atoms with E-state index in [0.717, 1.165) is 6.07 Å². The number of nitrogen functional groups attached to an aromatic ring is 1. The molecule has 0 atom stereocenters. The first-order valence-electron chi connectivity index (χ1n) is 6.18. The number of carbonyl (C=O) groups is 1. The lowest BCUT2D eigenvalue weighted by Gasteiger charge is -2.19. The van der Waals surface area contributed by atoms with E-state index in [2.05, 4.69) is 4.74 Å². The number of methoxy groups -OCH3 is 1. The van der Waals surface area contributed by atoms with Crippen molar-refractivity contribution >= 4 is 11.7 Å². The molecule has 0 saturated heterocycles. The SMILES string of the molecule is COC(=O)c1cc(OCCOC(C)(C)C)c(F)cc1N. The Morgan fingerprint density at radius 2 is 1.95 bits per heavy atom. The van der Waals surface area contributed by atoms with Crippen molar-refractivity contribution < 1.29 is 23.4 Å². The van der Waals surface area contributed by atoms with Crippen molar-refractivity contribution in [2.24, 2.45) is 0 Å². The Balaban J connectivity index is 2.73. The predicted octanol–water partition coefficient (Wildman–Crippen LogP) is 2.39. The lowest BCUT2D eigenvalue weighted by atomic mass is 10.1. The second-order valence-electron chi connectivity index (χ2n) is 5.17. The van der Waals surface area contributed by atoms with Crippen LogP contribution in [0.25, 0.3) is 0 Å². The van der Waals surface area contributed by atoms with Crippen LogP contribution in [0.1, 0.15) is 31.1 Å². The molecule has 0 heterocycles. The molecule has 0 aromatic heterocycles. The molecular weight excluding hydrogens is 265 g/mol. The van der Waals surface area contributed by atoms with E-state index in [1.54, 1.807) is 0 Å². The first-order chi connectivity index (χ1) is 9.24. The van der Waals surface area contributed by atoms with Gasteiger partial charge in [-0.15, -0.1) is 0 Å². The maximum atomic E-state index is 13.7. The van der Waals surface area contributed by atoms with Crippen LogP contribution in [-0.2, 0) is 9.47 Å². The Hall–Kier alpha value is -1.82. The summed E-state index contributed by atoms with van der Waals surface area (Å²) in [6.07, 6.45) is 0. The third-order valence-corrected chi connectivity index (χ3v) is 2.39. The molecule has 0 fully saturated rings. The van der Waals surface area contributed by atoms with E-state index in [4.69, 9.17) is 15.2 Å². The molecule has 1 aromatic rings. The topological polar surface area (TPSA) is 70.8 Å². The summed E-state index contributed by atoms with van der Waals surface area (Å²) < 4.78 is 28.9. The Morgan fingerprint density at radius 3 is 2.50 bits per heavy atom. The van der Waals surface area contributed by atoms with E-state index in [1.165, 1.54) is 13.2 Å². The molecule has 0 aliphatic rings. The highest BCUT2D eigenvalue weighted by Crippen LogP contribution is 2.24. The molecule has 0 saturated carbocycles. The van der Waals surface area contributed by atoms with Crippen LogP contribution in [0.4, 0.5) is 10.1 Å². The predicted molar refractivity (Wildman–Crippen MR) is 73.4 cm³/mol. The molecule has 0 unspecified atom stereocenters. The van der Waals surface area contributed by atoms with Crippen LogP contribution in [0.15, 0.2) is 12.1 Å². The van der Waals surface area contributed by atoms with Crippen LogP contribution in [0.2, 0.25) is 0 Å². The number of carbonyl (C=O) groups excluding carboxylic acids is 1. The van der Waals surface area contributed by atoms with Crippen LogP contribution in [0, 0.1) is 5.82 Å². The van der Waals surface area contributed by atoms with Gasteiger partial charge in [-0.3, -0.25) is 0 Å². The largest absolute Gasteiger partial charge is 0.488 e. The van der Waals surface area contributed by atoms with Crippen LogP contribution >= 0.6 is 0 Å². The van der Waals surface area contributed by atoms with Gasteiger partial charge in [0.1, 0.15) is 6.61 Å². The molecule has 0 radical (unpaired) electrons. The number of anilines is 1. The van der Waals surface area contributed by atoms with E-state index in [-0.39, 0.29) is 29.2 Å². The number of ether oxygens (including phenoxy) is 3. The van der Waals surface area contributed by atoms with Crippen molar-refractivity contribution in [2.45, 2.75) is 26.4 Å². The fraction of sp³-hybridized carbons (Fsp3) is 0.500. The molecule has 2 N–H and O–H groups in total. The summed E-state index contributed by atoms with van der Waals surface area (Å²) in [5.74, 6) is -1.33. The maximum Gasteiger partial charge on any atom is 0.340 e. The minimum absolute atomic E-state index is 0.00708.